The van der Waals surface area contributed by atoms with Crippen LogP contribution in [0.1, 0.15) is 11.4 Å². The highest BCUT2D eigenvalue weighted by Crippen LogP contribution is 2.30. The normalized spacial score (nSPS) is 11.3. The molecule has 0 unspecified atom stereocenters. The molecule has 132 valence electrons. The van der Waals surface area contributed by atoms with Gasteiger partial charge >= 0.3 is 0 Å². The number of pyridine rings is 3. The Morgan fingerprint density at radius 1 is 1.11 bits per heavy atom. The van der Waals surface area contributed by atoms with Gasteiger partial charge < -0.3 is 15.3 Å². The molecule has 0 bridgehead atoms. The van der Waals surface area contributed by atoms with Gasteiger partial charge in [0.25, 0.3) is 0 Å². The van der Waals surface area contributed by atoms with E-state index in [9.17, 15) is 0 Å². The Labute approximate surface area is 154 Å². The molecule has 0 aromatic carbocycles. The third kappa shape index (κ3) is 2.89. The van der Waals surface area contributed by atoms with Crippen molar-refractivity contribution < 1.29 is 0 Å². The molecule has 27 heavy (non-hydrogen) atoms. The fourth-order valence-corrected chi connectivity index (χ4v) is 3.23. The third-order valence-corrected chi connectivity index (χ3v) is 4.49. The molecule has 3 N–H and O–H groups in total. The summed E-state index contributed by atoms with van der Waals surface area (Å²) in [5.41, 5.74) is 5.67. The van der Waals surface area contributed by atoms with Crippen molar-refractivity contribution in [3.05, 3.63) is 66.5 Å². The van der Waals surface area contributed by atoms with E-state index < -0.39 is 0 Å². The molecule has 0 atom stereocenters. The van der Waals surface area contributed by atoms with Crippen molar-refractivity contribution in [2.45, 2.75) is 13.5 Å². The van der Waals surface area contributed by atoms with E-state index in [2.05, 4.69) is 47.4 Å². The highest BCUT2D eigenvalue weighted by Gasteiger charge is 2.11. The summed E-state index contributed by atoms with van der Waals surface area (Å²) in [5.74, 6) is 1.65. The average molecular weight is 355 g/mol. The smallest absolute Gasteiger partial charge is 0.177 e. The van der Waals surface area contributed by atoms with Crippen LogP contribution < -0.4 is 5.32 Å². The Morgan fingerprint density at radius 2 is 2.07 bits per heavy atom. The lowest BCUT2D eigenvalue weighted by molar-refractivity contribution is 1.09. The minimum Gasteiger partial charge on any atom is -0.366 e. The van der Waals surface area contributed by atoms with Crippen LogP contribution in [-0.2, 0) is 6.54 Å². The van der Waals surface area contributed by atoms with Gasteiger partial charge in [0.1, 0.15) is 17.3 Å². The molecule has 0 fully saturated rings. The van der Waals surface area contributed by atoms with Crippen LogP contribution in [0, 0.1) is 6.92 Å². The first-order chi connectivity index (χ1) is 13.3. The van der Waals surface area contributed by atoms with Crippen LogP contribution in [0.15, 0.2) is 55.1 Å². The van der Waals surface area contributed by atoms with Crippen LogP contribution in [0.3, 0.4) is 0 Å². The maximum atomic E-state index is 4.68. The topological polar surface area (TPSA) is 95.2 Å². The number of aryl methyl sites for hydroxylation is 1. The Bertz CT molecular complexity index is 1240. The summed E-state index contributed by atoms with van der Waals surface area (Å²) in [4.78, 5) is 24.2. The van der Waals surface area contributed by atoms with Gasteiger partial charge in [0, 0.05) is 42.3 Å². The quantitative estimate of drug-likeness (QED) is 0.455. The zero-order valence-corrected chi connectivity index (χ0v) is 14.7. The molecule has 5 rings (SSSR count). The molecule has 5 heterocycles. The van der Waals surface area contributed by atoms with Crippen molar-refractivity contribution in [3.8, 4) is 11.1 Å². The number of H-pyrrole nitrogens is 2. The van der Waals surface area contributed by atoms with Crippen LogP contribution in [0.25, 0.3) is 33.3 Å². The second kappa shape index (κ2) is 6.21. The highest BCUT2D eigenvalue weighted by molar-refractivity contribution is 5.96. The van der Waals surface area contributed by atoms with Crippen molar-refractivity contribution in [1.29, 1.82) is 0 Å². The SMILES string of the molecule is Cc1nc2ncc(-c3cc(NCc4cccnc4)nc4[nH]ccc34)cc2[nH]1. The first-order valence-corrected chi connectivity index (χ1v) is 8.70. The van der Waals surface area contributed by atoms with Crippen LogP contribution in [0.2, 0.25) is 0 Å². The lowest BCUT2D eigenvalue weighted by atomic mass is 10.1. The summed E-state index contributed by atoms with van der Waals surface area (Å²) in [7, 11) is 0. The number of anilines is 1. The predicted molar refractivity (Wildman–Crippen MR) is 105 cm³/mol. The van der Waals surface area contributed by atoms with Gasteiger partial charge in [-0.05, 0) is 42.3 Å². The molecule has 0 aliphatic heterocycles. The van der Waals surface area contributed by atoms with E-state index in [1.807, 2.05) is 43.7 Å². The van der Waals surface area contributed by atoms with E-state index in [1.54, 1.807) is 6.20 Å². The van der Waals surface area contributed by atoms with Crippen molar-refractivity contribution in [2.75, 3.05) is 5.32 Å². The summed E-state index contributed by atoms with van der Waals surface area (Å²) in [5, 5.41) is 4.44. The second-order valence-corrected chi connectivity index (χ2v) is 6.43. The Morgan fingerprint density at radius 3 is 2.96 bits per heavy atom. The fraction of sp³-hybridized carbons (Fsp3) is 0.100. The second-order valence-electron chi connectivity index (χ2n) is 6.43. The number of rotatable bonds is 4. The molecule has 5 aromatic rings. The average Bonchev–Trinajstić information content (AvgIpc) is 3.31. The molecule has 0 saturated carbocycles. The molecule has 0 aliphatic carbocycles. The van der Waals surface area contributed by atoms with Gasteiger partial charge in [0.05, 0.1) is 5.52 Å². The van der Waals surface area contributed by atoms with E-state index in [4.69, 9.17) is 0 Å². The molecular weight excluding hydrogens is 338 g/mol. The molecule has 7 heteroatoms. The summed E-state index contributed by atoms with van der Waals surface area (Å²) in [6, 6.07) is 10.1. The summed E-state index contributed by atoms with van der Waals surface area (Å²) in [6.07, 6.45) is 7.37. The van der Waals surface area contributed by atoms with Crippen LogP contribution in [-0.4, -0.2) is 29.9 Å². The first-order valence-electron chi connectivity index (χ1n) is 8.70. The molecular formula is C20H17N7. The number of nitrogens with one attached hydrogen (secondary N) is 3. The first kappa shape index (κ1) is 15.5. The zero-order chi connectivity index (χ0) is 18.2. The van der Waals surface area contributed by atoms with E-state index in [1.165, 1.54) is 0 Å². The van der Waals surface area contributed by atoms with Crippen molar-refractivity contribution in [3.63, 3.8) is 0 Å². The largest absolute Gasteiger partial charge is 0.366 e. The van der Waals surface area contributed by atoms with E-state index in [0.29, 0.717) is 6.54 Å². The van der Waals surface area contributed by atoms with Crippen LogP contribution in [0.5, 0.6) is 0 Å². The van der Waals surface area contributed by atoms with E-state index in [-0.39, 0.29) is 0 Å². The Hall–Kier alpha value is -3.74. The number of hydrogen-bond acceptors (Lipinski definition) is 5. The van der Waals surface area contributed by atoms with Crippen LogP contribution in [0.4, 0.5) is 5.82 Å². The van der Waals surface area contributed by atoms with Gasteiger partial charge in [-0.25, -0.2) is 15.0 Å². The zero-order valence-electron chi connectivity index (χ0n) is 14.7. The summed E-state index contributed by atoms with van der Waals surface area (Å²) in [6.45, 7) is 2.59. The number of hydrogen-bond donors (Lipinski definition) is 3. The summed E-state index contributed by atoms with van der Waals surface area (Å²) >= 11 is 0. The number of imidazole rings is 1. The van der Waals surface area contributed by atoms with Crippen molar-refractivity contribution in [2.24, 2.45) is 0 Å². The number of nitrogens with zero attached hydrogens (tertiary/aromatic N) is 4. The number of aromatic amines is 2. The molecule has 0 amide bonds. The fourth-order valence-electron chi connectivity index (χ4n) is 3.23. The number of aromatic nitrogens is 6. The van der Waals surface area contributed by atoms with Gasteiger partial charge in [-0.3, -0.25) is 4.98 Å². The molecule has 0 aliphatic rings. The third-order valence-electron chi connectivity index (χ3n) is 4.49. The Kier molecular flexibility index (Phi) is 3.57. The highest BCUT2D eigenvalue weighted by atomic mass is 15.0. The Balaban J connectivity index is 1.56. The predicted octanol–water partition coefficient (Wildman–Crippen LogP) is 3.82. The van der Waals surface area contributed by atoms with Crippen molar-refractivity contribution >= 4 is 28.0 Å². The number of fused-ring (bicyclic) bond motifs is 2. The monoisotopic (exact) mass is 355 g/mol. The molecule has 0 saturated heterocycles. The lowest BCUT2D eigenvalue weighted by Gasteiger charge is -2.09. The minimum atomic E-state index is 0.656. The summed E-state index contributed by atoms with van der Waals surface area (Å²) < 4.78 is 0. The van der Waals surface area contributed by atoms with Gasteiger partial charge in [-0.1, -0.05) is 6.07 Å². The van der Waals surface area contributed by atoms with Gasteiger partial charge in [-0.15, -0.1) is 0 Å². The molecule has 0 spiro atoms. The lowest BCUT2D eigenvalue weighted by Crippen LogP contribution is -2.02. The maximum Gasteiger partial charge on any atom is 0.177 e. The van der Waals surface area contributed by atoms with Gasteiger partial charge in [-0.2, -0.15) is 0 Å². The molecule has 5 aromatic heterocycles. The molecule has 7 nitrogen and oxygen atoms in total. The van der Waals surface area contributed by atoms with Crippen LogP contribution >= 0.6 is 0 Å². The van der Waals surface area contributed by atoms with E-state index in [0.717, 1.165) is 50.5 Å². The minimum absolute atomic E-state index is 0.656. The van der Waals surface area contributed by atoms with Gasteiger partial charge in [0.15, 0.2) is 5.65 Å². The van der Waals surface area contributed by atoms with Gasteiger partial charge in [0.2, 0.25) is 0 Å². The van der Waals surface area contributed by atoms with Crippen molar-refractivity contribution in [1.82, 2.24) is 29.9 Å². The maximum absolute atomic E-state index is 4.68. The van der Waals surface area contributed by atoms with E-state index >= 15 is 0 Å². The standard InChI is InChI=1S/C20H17N7/c1-12-25-17-7-14(11-24-20(17)26-12)16-8-18(27-19-15(16)4-6-22-19)23-10-13-3-2-5-21-9-13/h2-9,11H,10H2,1H3,(H2,22,23,27)(H,24,25,26). The molecule has 0 radical (unpaired) electrons.